The van der Waals surface area contributed by atoms with Crippen molar-refractivity contribution in [3.8, 4) is 11.5 Å². The topological polar surface area (TPSA) is 47.9 Å². The quantitative estimate of drug-likeness (QED) is 0.848. The van der Waals surface area contributed by atoms with Crippen LogP contribution in [0.1, 0.15) is 17.5 Å². The third-order valence-corrected chi connectivity index (χ3v) is 4.33. The fraction of sp³-hybridized carbons (Fsp3) is 0.300. The van der Waals surface area contributed by atoms with Crippen molar-refractivity contribution in [2.75, 3.05) is 20.8 Å². The molecule has 3 rings (SSSR count). The Hall–Kier alpha value is -2.62. The number of hydrogen-bond donors (Lipinski definition) is 0. The number of hydrogen-bond acceptors (Lipinski definition) is 4. The molecule has 0 aliphatic carbocycles. The zero-order valence-electron chi connectivity index (χ0n) is 14.0. The molecule has 1 aliphatic rings. The molecule has 1 aliphatic heterocycles. The Morgan fingerprint density at radius 1 is 1.04 bits per heavy atom. The number of carbonyl (C=O) groups excluding carboxylic acids is 1. The monoisotopic (exact) mass is 323 g/mol. The number of ketones is 1. The molecule has 0 fully saturated rings. The highest BCUT2D eigenvalue weighted by Crippen LogP contribution is 2.29. The van der Waals surface area contributed by atoms with E-state index >= 15 is 0 Å². The smallest absolute Gasteiger partial charge is 0.184 e. The molecule has 1 atom stereocenters. The number of carbonyl (C=O) groups is 1. The maximum Gasteiger partial charge on any atom is 0.184 e. The molecule has 2 aromatic carbocycles. The molecule has 0 amide bonds. The van der Waals surface area contributed by atoms with Gasteiger partial charge in [-0.15, -0.1) is 0 Å². The van der Waals surface area contributed by atoms with Gasteiger partial charge in [-0.25, -0.2) is 0 Å². The zero-order valence-corrected chi connectivity index (χ0v) is 14.0. The Labute approximate surface area is 142 Å². The van der Waals surface area contributed by atoms with E-state index < -0.39 is 0 Å². The van der Waals surface area contributed by atoms with Gasteiger partial charge in [-0.3, -0.25) is 9.79 Å². The average Bonchev–Trinajstić information content (AvgIpc) is 2.64. The third kappa shape index (κ3) is 3.32. The van der Waals surface area contributed by atoms with E-state index in [4.69, 9.17) is 9.47 Å². The number of benzene rings is 2. The van der Waals surface area contributed by atoms with Gasteiger partial charge in [0.25, 0.3) is 0 Å². The summed E-state index contributed by atoms with van der Waals surface area (Å²) < 4.78 is 10.6. The van der Waals surface area contributed by atoms with E-state index in [-0.39, 0.29) is 11.7 Å². The first-order valence-corrected chi connectivity index (χ1v) is 8.08. The highest BCUT2D eigenvalue weighted by Gasteiger charge is 2.28. The molecule has 0 N–H and O–H groups in total. The van der Waals surface area contributed by atoms with E-state index in [0.717, 1.165) is 17.5 Å². The molecule has 0 saturated carbocycles. The Morgan fingerprint density at radius 2 is 1.79 bits per heavy atom. The zero-order chi connectivity index (χ0) is 16.9. The van der Waals surface area contributed by atoms with Crippen molar-refractivity contribution in [3.63, 3.8) is 0 Å². The predicted molar refractivity (Wildman–Crippen MR) is 94.2 cm³/mol. The molecular weight excluding hydrogens is 302 g/mol. The summed E-state index contributed by atoms with van der Waals surface area (Å²) >= 11 is 0. The van der Waals surface area contributed by atoms with Gasteiger partial charge in [0.2, 0.25) is 0 Å². The van der Waals surface area contributed by atoms with Crippen LogP contribution in [-0.4, -0.2) is 32.3 Å². The number of aliphatic imine (C=N–C) groups is 1. The molecule has 4 heteroatoms. The lowest BCUT2D eigenvalue weighted by atomic mass is 9.86. The molecule has 1 heterocycles. The Balaban J connectivity index is 1.79. The molecule has 4 nitrogen and oxygen atoms in total. The lowest BCUT2D eigenvalue weighted by Gasteiger charge is -2.21. The molecular formula is C20H21NO3. The van der Waals surface area contributed by atoms with Crippen LogP contribution in [0.25, 0.3) is 0 Å². The molecule has 0 spiro atoms. The van der Waals surface area contributed by atoms with Crippen molar-refractivity contribution >= 4 is 11.5 Å². The fourth-order valence-electron chi connectivity index (χ4n) is 3.05. The van der Waals surface area contributed by atoms with E-state index in [1.807, 2.05) is 48.5 Å². The van der Waals surface area contributed by atoms with Crippen molar-refractivity contribution in [2.24, 2.45) is 10.9 Å². The van der Waals surface area contributed by atoms with Crippen LogP contribution in [0.3, 0.4) is 0 Å². The maximum absolute atomic E-state index is 12.8. The van der Waals surface area contributed by atoms with Crippen LogP contribution in [0.15, 0.2) is 53.5 Å². The molecule has 0 radical (unpaired) electrons. The van der Waals surface area contributed by atoms with Crippen LogP contribution in [0, 0.1) is 5.92 Å². The molecule has 0 saturated heterocycles. The minimum Gasteiger partial charge on any atom is -0.493 e. The van der Waals surface area contributed by atoms with Gasteiger partial charge in [0.15, 0.2) is 17.3 Å². The van der Waals surface area contributed by atoms with E-state index in [9.17, 15) is 4.79 Å². The second-order valence-electron chi connectivity index (χ2n) is 5.84. The molecule has 124 valence electrons. The summed E-state index contributed by atoms with van der Waals surface area (Å²) in [5, 5.41) is 0. The van der Waals surface area contributed by atoms with E-state index in [1.165, 1.54) is 0 Å². The third-order valence-electron chi connectivity index (χ3n) is 4.33. The molecule has 24 heavy (non-hydrogen) atoms. The van der Waals surface area contributed by atoms with Crippen LogP contribution >= 0.6 is 0 Å². The predicted octanol–water partition coefficient (Wildman–Crippen LogP) is 3.32. The molecule has 0 aromatic heterocycles. The second-order valence-corrected chi connectivity index (χ2v) is 5.84. The first-order chi connectivity index (χ1) is 11.7. The van der Waals surface area contributed by atoms with Crippen LogP contribution in [0.4, 0.5) is 0 Å². The van der Waals surface area contributed by atoms with Crippen molar-refractivity contribution < 1.29 is 14.3 Å². The normalized spacial score (nSPS) is 17.3. The summed E-state index contributed by atoms with van der Waals surface area (Å²) in [5.74, 6) is 1.47. The molecule has 2 aromatic rings. The van der Waals surface area contributed by atoms with Crippen molar-refractivity contribution in [2.45, 2.75) is 12.8 Å². The SMILES string of the molecule is COc1ccc(CC2CCN=C(c3ccccc3)C2=O)cc1OC. The Bertz CT molecular complexity index is 753. The number of rotatable bonds is 5. The first kappa shape index (κ1) is 16.2. The van der Waals surface area contributed by atoms with E-state index in [2.05, 4.69) is 4.99 Å². The van der Waals surface area contributed by atoms with Crippen molar-refractivity contribution in [3.05, 3.63) is 59.7 Å². The van der Waals surface area contributed by atoms with E-state index in [0.29, 0.717) is 30.2 Å². The summed E-state index contributed by atoms with van der Waals surface area (Å²) in [6.45, 7) is 0.688. The highest BCUT2D eigenvalue weighted by molar-refractivity contribution is 6.47. The number of Topliss-reactive ketones (excluding diaryl/α,β-unsaturated/α-hetero) is 1. The molecule has 1 unspecified atom stereocenters. The fourth-order valence-corrected chi connectivity index (χ4v) is 3.05. The maximum atomic E-state index is 12.8. The van der Waals surface area contributed by atoms with Gasteiger partial charge >= 0.3 is 0 Å². The van der Waals surface area contributed by atoms with Gasteiger partial charge in [0.05, 0.1) is 14.2 Å². The number of methoxy groups -OCH3 is 2. The van der Waals surface area contributed by atoms with E-state index in [1.54, 1.807) is 14.2 Å². The lowest BCUT2D eigenvalue weighted by Crippen LogP contribution is -2.31. The van der Waals surface area contributed by atoms with Gasteiger partial charge in [0.1, 0.15) is 5.71 Å². The summed E-state index contributed by atoms with van der Waals surface area (Å²) in [6.07, 6.45) is 1.47. The van der Waals surface area contributed by atoms with Gasteiger partial charge < -0.3 is 9.47 Å². The van der Waals surface area contributed by atoms with Crippen LogP contribution in [0.5, 0.6) is 11.5 Å². The minimum atomic E-state index is -0.0455. The van der Waals surface area contributed by atoms with Crippen LogP contribution in [-0.2, 0) is 11.2 Å². The molecule has 0 bridgehead atoms. The summed E-state index contributed by atoms with van der Waals surface area (Å²) in [6, 6.07) is 15.5. The summed E-state index contributed by atoms with van der Waals surface area (Å²) in [5.41, 5.74) is 2.58. The highest BCUT2D eigenvalue weighted by atomic mass is 16.5. The minimum absolute atomic E-state index is 0.0455. The largest absolute Gasteiger partial charge is 0.493 e. The van der Waals surface area contributed by atoms with Crippen molar-refractivity contribution in [1.29, 1.82) is 0 Å². The average molecular weight is 323 g/mol. The van der Waals surface area contributed by atoms with Gasteiger partial charge in [-0.2, -0.15) is 0 Å². The number of ether oxygens (including phenoxy) is 2. The Kier molecular flexibility index (Phi) is 4.94. The summed E-state index contributed by atoms with van der Waals surface area (Å²) in [7, 11) is 3.23. The Morgan fingerprint density at radius 3 is 2.50 bits per heavy atom. The van der Waals surface area contributed by atoms with Crippen molar-refractivity contribution in [1.82, 2.24) is 0 Å². The van der Waals surface area contributed by atoms with Gasteiger partial charge in [-0.05, 0) is 30.5 Å². The second kappa shape index (κ2) is 7.30. The summed E-state index contributed by atoms with van der Waals surface area (Å²) in [4.78, 5) is 17.3. The lowest BCUT2D eigenvalue weighted by molar-refractivity contribution is -0.116. The van der Waals surface area contributed by atoms with Crippen LogP contribution in [0.2, 0.25) is 0 Å². The van der Waals surface area contributed by atoms with Crippen LogP contribution < -0.4 is 9.47 Å². The van der Waals surface area contributed by atoms with Gasteiger partial charge in [0, 0.05) is 18.0 Å². The van der Waals surface area contributed by atoms with Gasteiger partial charge in [-0.1, -0.05) is 36.4 Å². The number of nitrogens with zero attached hydrogens (tertiary/aromatic N) is 1. The standard InChI is InChI=1S/C20H21NO3/c1-23-17-9-8-14(13-18(17)24-2)12-16-10-11-21-19(20(16)22)15-6-4-3-5-7-15/h3-9,13,16H,10-12H2,1-2H3. The first-order valence-electron chi connectivity index (χ1n) is 8.08.